The van der Waals surface area contributed by atoms with Crippen LogP contribution in [0.3, 0.4) is 0 Å². The molecule has 1 aromatic rings. The van der Waals surface area contributed by atoms with Crippen LogP contribution in [0.2, 0.25) is 0 Å². The smallest absolute Gasteiger partial charge is 0.0427 e. The van der Waals surface area contributed by atoms with Crippen molar-refractivity contribution in [2.45, 2.75) is 0 Å². The van der Waals surface area contributed by atoms with Gasteiger partial charge in [0, 0.05) is 20.9 Å². The van der Waals surface area contributed by atoms with Gasteiger partial charge in [-0.05, 0) is 36.4 Å². The van der Waals surface area contributed by atoms with E-state index in [1.807, 2.05) is 24.3 Å². The summed E-state index contributed by atoms with van der Waals surface area (Å²) >= 11 is 1.79. The molecule has 3 rings (SSSR count). The molecule has 2 aliphatic carbocycles. The Morgan fingerprint density at radius 1 is 0.800 bits per heavy atom. The number of hydrogen-bond donors (Lipinski definition) is 0. The highest BCUT2D eigenvalue weighted by Crippen LogP contribution is 2.31. The van der Waals surface area contributed by atoms with Gasteiger partial charge in [0.15, 0.2) is 0 Å². The monoisotopic (exact) mass is 208 g/mol. The Morgan fingerprint density at radius 3 is 1.73 bits per heavy atom. The standard InChI is InChI=1S/C14H8S/c1-2-6-11(5-1)13-9-10-14(15-13)12-7-3-4-8-12/h1-5,7,9-10H. The molecule has 0 bridgehead atoms. The highest BCUT2D eigenvalue weighted by molar-refractivity contribution is 7.14. The fourth-order valence-electron chi connectivity index (χ4n) is 1.59. The van der Waals surface area contributed by atoms with E-state index < -0.39 is 0 Å². The molecule has 0 radical (unpaired) electrons. The van der Waals surface area contributed by atoms with Crippen molar-refractivity contribution in [3.8, 4) is 0 Å². The second-order valence-electron chi connectivity index (χ2n) is 3.33. The van der Waals surface area contributed by atoms with Crippen LogP contribution in [0.25, 0.3) is 11.1 Å². The van der Waals surface area contributed by atoms with Crippen LogP contribution in [0, 0.1) is 0 Å². The average Bonchev–Trinajstić information content (AvgIpc) is 3.02. The number of rotatable bonds is 2. The summed E-state index contributed by atoms with van der Waals surface area (Å²) in [6.45, 7) is 0. The largest absolute Gasteiger partial charge is 0.134 e. The van der Waals surface area contributed by atoms with E-state index in [9.17, 15) is 0 Å². The van der Waals surface area contributed by atoms with Gasteiger partial charge in [0.2, 0.25) is 0 Å². The summed E-state index contributed by atoms with van der Waals surface area (Å²) in [5.74, 6) is 0. The number of allylic oxidation sites excluding steroid dienone is 6. The van der Waals surface area contributed by atoms with E-state index in [2.05, 4.69) is 35.7 Å². The molecule has 0 saturated carbocycles. The Bertz CT molecular complexity index is 541. The molecule has 0 aromatic carbocycles. The second kappa shape index (κ2) is 3.42. The first-order valence-electron chi connectivity index (χ1n) is 4.81. The van der Waals surface area contributed by atoms with E-state index in [1.165, 1.54) is 20.9 Å². The van der Waals surface area contributed by atoms with Crippen molar-refractivity contribution >= 4 is 22.5 Å². The van der Waals surface area contributed by atoms with Crippen LogP contribution in [0.1, 0.15) is 9.75 Å². The van der Waals surface area contributed by atoms with Crippen LogP contribution in [0.5, 0.6) is 0 Å². The third kappa shape index (κ3) is 1.49. The van der Waals surface area contributed by atoms with Gasteiger partial charge in [-0.1, -0.05) is 12.2 Å². The average molecular weight is 208 g/mol. The zero-order valence-electron chi connectivity index (χ0n) is 8.03. The van der Waals surface area contributed by atoms with E-state index in [0.29, 0.717) is 0 Å². The van der Waals surface area contributed by atoms with Crippen LogP contribution in [0.15, 0.2) is 60.1 Å². The quantitative estimate of drug-likeness (QED) is 0.645. The molecule has 0 unspecified atom stereocenters. The summed E-state index contributed by atoms with van der Waals surface area (Å²) in [4.78, 5) is 2.54. The Labute approximate surface area is 92.6 Å². The van der Waals surface area contributed by atoms with Gasteiger partial charge >= 0.3 is 0 Å². The molecule has 0 spiro atoms. The SMILES string of the molecule is C1=CC=CC=1c1ccc(C2=C=CC=C2)s1. The molecule has 0 amide bonds. The number of thiophene rings is 1. The lowest BCUT2D eigenvalue weighted by Gasteiger charge is -1.91. The first-order valence-corrected chi connectivity index (χ1v) is 5.62. The van der Waals surface area contributed by atoms with Gasteiger partial charge in [-0.15, -0.1) is 22.8 Å². The van der Waals surface area contributed by atoms with Crippen molar-refractivity contribution in [1.29, 1.82) is 0 Å². The molecule has 70 valence electrons. The summed E-state index contributed by atoms with van der Waals surface area (Å²) in [7, 11) is 0. The van der Waals surface area contributed by atoms with Crippen LogP contribution < -0.4 is 0 Å². The summed E-state index contributed by atoms with van der Waals surface area (Å²) in [5.41, 5.74) is 8.78. The van der Waals surface area contributed by atoms with Gasteiger partial charge < -0.3 is 0 Å². The van der Waals surface area contributed by atoms with Crippen LogP contribution in [-0.4, -0.2) is 0 Å². The Kier molecular flexibility index (Phi) is 1.94. The predicted molar refractivity (Wildman–Crippen MR) is 65.6 cm³/mol. The fourth-order valence-corrected chi connectivity index (χ4v) is 2.58. The normalized spacial score (nSPS) is 16.3. The molecular formula is C14H8S. The predicted octanol–water partition coefficient (Wildman–Crippen LogP) is 3.96. The lowest BCUT2D eigenvalue weighted by molar-refractivity contribution is 1.84. The molecule has 0 aliphatic heterocycles. The van der Waals surface area contributed by atoms with Gasteiger partial charge in [-0.25, -0.2) is 0 Å². The van der Waals surface area contributed by atoms with Crippen molar-refractivity contribution in [3.05, 3.63) is 69.8 Å². The van der Waals surface area contributed by atoms with Crippen LogP contribution >= 0.6 is 11.3 Å². The highest BCUT2D eigenvalue weighted by Gasteiger charge is 2.07. The molecule has 0 atom stereocenters. The van der Waals surface area contributed by atoms with Crippen molar-refractivity contribution in [2.24, 2.45) is 0 Å². The third-order valence-corrected chi connectivity index (χ3v) is 3.48. The van der Waals surface area contributed by atoms with E-state index in [4.69, 9.17) is 0 Å². The van der Waals surface area contributed by atoms with Gasteiger partial charge in [0.05, 0.1) is 0 Å². The zero-order valence-corrected chi connectivity index (χ0v) is 8.84. The van der Waals surface area contributed by atoms with Crippen LogP contribution in [0.4, 0.5) is 0 Å². The number of hydrogen-bond acceptors (Lipinski definition) is 1. The molecule has 0 fully saturated rings. The van der Waals surface area contributed by atoms with Gasteiger partial charge in [0.1, 0.15) is 0 Å². The maximum Gasteiger partial charge on any atom is 0.0427 e. The first-order chi connectivity index (χ1) is 7.43. The maximum absolute atomic E-state index is 3.21. The van der Waals surface area contributed by atoms with E-state index in [-0.39, 0.29) is 0 Å². The Hall–Kier alpha value is -1.78. The molecule has 1 aromatic heterocycles. The Morgan fingerprint density at radius 2 is 1.33 bits per heavy atom. The molecule has 0 N–H and O–H groups in total. The fraction of sp³-hybridized carbons (Fsp3) is 0. The molecule has 15 heavy (non-hydrogen) atoms. The third-order valence-electron chi connectivity index (χ3n) is 2.33. The minimum Gasteiger partial charge on any atom is -0.134 e. The first kappa shape index (κ1) is 8.52. The van der Waals surface area contributed by atoms with Crippen LogP contribution in [-0.2, 0) is 0 Å². The summed E-state index contributed by atoms with van der Waals surface area (Å²) in [6, 6.07) is 4.29. The van der Waals surface area contributed by atoms with E-state index >= 15 is 0 Å². The lowest BCUT2D eigenvalue weighted by Crippen LogP contribution is -1.67. The summed E-state index contributed by atoms with van der Waals surface area (Å²) < 4.78 is 0. The Balaban J connectivity index is 2.01. The topological polar surface area (TPSA) is 0 Å². The molecule has 0 nitrogen and oxygen atoms in total. The molecule has 1 heterocycles. The lowest BCUT2D eigenvalue weighted by atomic mass is 10.2. The van der Waals surface area contributed by atoms with Crippen molar-refractivity contribution in [1.82, 2.24) is 0 Å². The van der Waals surface area contributed by atoms with Crippen molar-refractivity contribution in [2.75, 3.05) is 0 Å². The summed E-state index contributed by atoms with van der Waals surface area (Å²) in [6.07, 6.45) is 12.1. The summed E-state index contributed by atoms with van der Waals surface area (Å²) in [5, 5.41) is 0. The van der Waals surface area contributed by atoms with Crippen molar-refractivity contribution < 1.29 is 0 Å². The molecular weight excluding hydrogens is 200 g/mol. The highest BCUT2D eigenvalue weighted by atomic mass is 32.1. The van der Waals surface area contributed by atoms with Crippen molar-refractivity contribution in [3.63, 3.8) is 0 Å². The van der Waals surface area contributed by atoms with E-state index in [0.717, 1.165) is 0 Å². The molecule has 0 saturated heterocycles. The minimum absolute atomic E-state index is 1.18. The minimum atomic E-state index is 1.18. The second-order valence-corrected chi connectivity index (χ2v) is 4.42. The van der Waals surface area contributed by atoms with Gasteiger partial charge in [-0.2, -0.15) is 0 Å². The van der Waals surface area contributed by atoms with Gasteiger partial charge in [-0.3, -0.25) is 0 Å². The van der Waals surface area contributed by atoms with Gasteiger partial charge in [0.25, 0.3) is 0 Å². The van der Waals surface area contributed by atoms with E-state index in [1.54, 1.807) is 11.3 Å². The molecule has 2 aliphatic rings. The zero-order chi connectivity index (χ0) is 10.1. The molecule has 1 heteroatoms. The maximum atomic E-state index is 3.21.